The molecule has 2 aromatic rings. The van der Waals surface area contributed by atoms with Crippen LogP contribution in [0.5, 0.6) is 0 Å². The maximum absolute atomic E-state index is 4.50. The van der Waals surface area contributed by atoms with Gasteiger partial charge in [-0.1, -0.05) is 35.5 Å². The van der Waals surface area contributed by atoms with E-state index in [1.165, 1.54) is 16.7 Å². The number of aryl methyl sites for hydroxylation is 4. The Bertz CT molecular complexity index is 605. The molecule has 0 fully saturated rings. The summed E-state index contributed by atoms with van der Waals surface area (Å²) in [6.45, 7) is 8.32. The molecule has 0 spiro atoms. The molecule has 1 aromatic heterocycles. The SMILES string of the molecule is CNC(CSc1nc(C)cc(C)n1)c1cc(C)ccc1C. The van der Waals surface area contributed by atoms with Gasteiger partial charge in [-0.25, -0.2) is 9.97 Å². The zero-order chi connectivity index (χ0) is 15.4. The Morgan fingerprint density at radius 1 is 1.05 bits per heavy atom. The molecule has 1 unspecified atom stereocenters. The summed E-state index contributed by atoms with van der Waals surface area (Å²) < 4.78 is 0. The highest BCUT2D eigenvalue weighted by molar-refractivity contribution is 7.99. The molecule has 112 valence electrons. The van der Waals surface area contributed by atoms with E-state index < -0.39 is 0 Å². The van der Waals surface area contributed by atoms with E-state index in [1.807, 2.05) is 27.0 Å². The molecule has 2 rings (SSSR count). The Morgan fingerprint density at radius 3 is 2.33 bits per heavy atom. The average molecular weight is 301 g/mol. The second kappa shape index (κ2) is 7.05. The summed E-state index contributed by atoms with van der Waals surface area (Å²) >= 11 is 1.71. The highest BCUT2D eigenvalue weighted by atomic mass is 32.2. The molecule has 0 aliphatic carbocycles. The molecular weight excluding hydrogens is 278 g/mol. The lowest BCUT2D eigenvalue weighted by Crippen LogP contribution is -2.20. The fourth-order valence-corrected chi connectivity index (χ4v) is 3.46. The van der Waals surface area contributed by atoms with Crippen LogP contribution in [0.1, 0.15) is 34.1 Å². The van der Waals surface area contributed by atoms with Gasteiger partial charge < -0.3 is 5.32 Å². The third-order valence-corrected chi connectivity index (χ3v) is 4.44. The summed E-state index contributed by atoms with van der Waals surface area (Å²) in [6.07, 6.45) is 0. The van der Waals surface area contributed by atoms with Crippen molar-refractivity contribution >= 4 is 11.8 Å². The van der Waals surface area contributed by atoms with Crippen molar-refractivity contribution in [1.82, 2.24) is 15.3 Å². The summed E-state index contributed by atoms with van der Waals surface area (Å²) in [5.74, 6) is 0.920. The Kier molecular flexibility index (Phi) is 5.37. The topological polar surface area (TPSA) is 37.8 Å². The van der Waals surface area contributed by atoms with E-state index in [2.05, 4.69) is 47.3 Å². The van der Waals surface area contributed by atoms with Crippen molar-refractivity contribution in [3.8, 4) is 0 Å². The Hall–Kier alpha value is -1.39. The molecule has 1 aromatic carbocycles. The van der Waals surface area contributed by atoms with Crippen molar-refractivity contribution in [2.45, 2.75) is 38.9 Å². The predicted molar refractivity (Wildman–Crippen MR) is 89.9 cm³/mol. The monoisotopic (exact) mass is 301 g/mol. The van der Waals surface area contributed by atoms with Crippen LogP contribution in [0.15, 0.2) is 29.4 Å². The van der Waals surface area contributed by atoms with E-state index in [9.17, 15) is 0 Å². The quantitative estimate of drug-likeness (QED) is 0.674. The van der Waals surface area contributed by atoms with E-state index in [1.54, 1.807) is 11.8 Å². The number of hydrogen-bond acceptors (Lipinski definition) is 4. The first kappa shape index (κ1) is 16.0. The van der Waals surface area contributed by atoms with Crippen molar-refractivity contribution in [2.75, 3.05) is 12.8 Å². The zero-order valence-corrected chi connectivity index (χ0v) is 14.2. The highest BCUT2D eigenvalue weighted by Crippen LogP contribution is 2.25. The van der Waals surface area contributed by atoms with Gasteiger partial charge in [-0.2, -0.15) is 0 Å². The molecule has 3 nitrogen and oxygen atoms in total. The minimum atomic E-state index is 0.305. The molecule has 0 aliphatic rings. The van der Waals surface area contributed by atoms with Crippen LogP contribution in [0.4, 0.5) is 0 Å². The molecule has 1 N–H and O–H groups in total. The molecule has 4 heteroatoms. The van der Waals surface area contributed by atoms with Crippen molar-refractivity contribution in [3.05, 3.63) is 52.3 Å². The van der Waals surface area contributed by atoms with E-state index in [0.29, 0.717) is 6.04 Å². The molecule has 21 heavy (non-hydrogen) atoms. The van der Waals surface area contributed by atoms with E-state index >= 15 is 0 Å². The van der Waals surface area contributed by atoms with Gasteiger partial charge in [0.05, 0.1) is 0 Å². The average Bonchev–Trinajstić information content (AvgIpc) is 2.42. The standard InChI is InChI=1S/C17H23N3S/c1-11-6-7-12(2)15(8-11)16(18-5)10-21-17-19-13(3)9-14(4)20-17/h6-9,16,18H,10H2,1-5H3. The fraction of sp³-hybridized carbons (Fsp3) is 0.412. The molecule has 0 aliphatic heterocycles. The Morgan fingerprint density at radius 2 is 1.71 bits per heavy atom. The van der Waals surface area contributed by atoms with Gasteiger partial charge >= 0.3 is 0 Å². The van der Waals surface area contributed by atoms with E-state index in [4.69, 9.17) is 0 Å². The predicted octanol–water partition coefficient (Wildman–Crippen LogP) is 3.76. The number of nitrogens with one attached hydrogen (secondary N) is 1. The van der Waals surface area contributed by atoms with Crippen LogP contribution in [0.2, 0.25) is 0 Å². The van der Waals surface area contributed by atoms with Gasteiger partial charge in [-0.3, -0.25) is 0 Å². The third-order valence-electron chi connectivity index (χ3n) is 3.50. The maximum Gasteiger partial charge on any atom is 0.188 e. The van der Waals surface area contributed by atoms with Gasteiger partial charge in [-0.15, -0.1) is 0 Å². The molecule has 0 saturated heterocycles. The van der Waals surface area contributed by atoms with E-state index in [-0.39, 0.29) is 0 Å². The molecule has 1 atom stereocenters. The van der Waals surface area contributed by atoms with Crippen LogP contribution in [-0.4, -0.2) is 22.8 Å². The number of benzene rings is 1. The first-order valence-electron chi connectivity index (χ1n) is 7.19. The molecular formula is C17H23N3S. The summed E-state index contributed by atoms with van der Waals surface area (Å²) in [6, 6.07) is 8.92. The summed E-state index contributed by atoms with van der Waals surface area (Å²) in [5.41, 5.74) is 6.02. The Labute approximate surface area is 131 Å². The van der Waals surface area contributed by atoms with Gasteiger partial charge in [0, 0.05) is 23.2 Å². The lowest BCUT2D eigenvalue weighted by molar-refractivity contribution is 0.656. The first-order chi connectivity index (χ1) is 9.99. The number of thioether (sulfide) groups is 1. The minimum Gasteiger partial charge on any atom is -0.312 e. The van der Waals surface area contributed by atoms with Crippen molar-refractivity contribution in [3.63, 3.8) is 0 Å². The van der Waals surface area contributed by atoms with Gasteiger partial charge in [-0.05, 0) is 51.9 Å². The maximum atomic E-state index is 4.50. The van der Waals surface area contributed by atoms with Crippen LogP contribution in [0.25, 0.3) is 0 Å². The van der Waals surface area contributed by atoms with Crippen LogP contribution in [0, 0.1) is 27.7 Å². The van der Waals surface area contributed by atoms with E-state index in [0.717, 1.165) is 22.3 Å². The molecule has 1 heterocycles. The lowest BCUT2D eigenvalue weighted by atomic mass is 10.0. The minimum absolute atomic E-state index is 0.305. The van der Waals surface area contributed by atoms with Crippen molar-refractivity contribution < 1.29 is 0 Å². The second-order valence-corrected chi connectivity index (χ2v) is 6.43. The van der Waals surface area contributed by atoms with Crippen LogP contribution < -0.4 is 5.32 Å². The third kappa shape index (κ3) is 4.29. The largest absolute Gasteiger partial charge is 0.312 e. The van der Waals surface area contributed by atoms with Gasteiger partial charge in [0.1, 0.15) is 0 Å². The summed E-state index contributed by atoms with van der Waals surface area (Å²) in [7, 11) is 2.01. The smallest absolute Gasteiger partial charge is 0.188 e. The second-order valence-electron chi connectivity index (χ2n) is 5.45. The molecule has 0 amide bonds. The first-order valence-corrected chi connectivity index (χ1v) is 8.17. The van der Waals surface area contributed by atoms with Gasteiger partial charge in [0.15, 0.2) is 5.16 Å². The van der Waals surface area contributed by atoms with Gasteiger partial charge in [0.25, 0.3) is 0 Å². The van der Waals surface area contributed by atoms with Crippen LogP contribution in [-0.2, 0) is 0 Å². The molecule has 0 radical (unpaired) electrons. The van der Waals surface area contributed by atoms with Gasteiger partial charge in [0.2, 0.25) is 0 Å². The normalized spacial score (nSPS) is 12.4. The molecule has 0 saturated carbocycles. The summed E-state index contributed by atoms with van der Waals surface area (Å²) in [4.78, 5) is 9.00. The Balaban J connectivity index is 2.14. The lowest BCUT2D eigenvalue weighted by Gasteiger charge is -2.19. The van der Waals surface area contributed by atoms with Crippen molar-refractivity contribution in [1.29, 1.82) is 0 Å². The number of aromatic nitrogens is 2. The number of nitrogens with zero attached hydrogens (tertiary/aromatic N) is 2. The van der Waals surface area contributed by atoms with Crippen LogP contribution in [0.3, 0.4) is 0 Å². The zero-order valence-electron chi connectivity index (χ0n) is 13.4. The highest BCUT2D eigenvalue weighted by Gasteiger charge is 2.13. The summed E-state index contributed by atoms with van der Waals surface area (Å²) in [5, 5.41) is 4.27. The molecule has 0 bridgehead atoms. The fourth-order valence-electron chi connectivity index (χ4n) is 2.38. The van der Waals surface area contributed by atoms with Crippen molar-refractivity contribution in [2.24, 2.45) is 0 Å². The number of rotatable bonds is 5. The van der Waals surface area contributed by atoms with Crippen LogP contribution >= 0.6 is 11.8 Å². The number of hydrogen-bond donors (Lipinski definition) is 1.